The molecule has 3 aromatic rings. The molecule has 0 bridgehead atoms. The summed E-state index contributed by atoms with van der Waals surface area (Å²) in [7, 11) is -0.446. The Bertz CT molecular complexity index is 653. The minimum Gasteiger partial charge on any atom is -0.474 e. The maximum absolute atomic E-state index is 2.86. The predicted octanol–water partition coefficient (Wildman–Crippen LogP) is 5.36. The van der Waals surface area contributed by atoms with Gasteiger partial charge in [0.05, 0.1) is 0 Å². The first-order valence-electron chi connectivity index (χ1n) is 9.65. The van der Waals surface area contributed by atoms with Gasteiger partial charge >= 0.3 is 22.4 Å². The minimum atomic E-state index is -0.446. The van der Waals surface area contributed by atoms with Crippen LogP contribution in [0.4, 0.5) is 0 Å². The molecule has 2 aliphatic rings. The van der Waals surface area contributed by atoms with Crippen LogP contribution < -0.4 is 15.9 Å². The van der Waals surface area contributed by atoms with Gasteiger partial charge in [-0.25, -0.2) is 12.8 Å². The van der Waals surface area contributed by atoms with E-state index in [0.717, 1.165) is 0 Å². The number of hydrogen-bond donors (Lipinski definition) is 0. The van der Waals surface area contributed by atoms with E-state index in [0.29, 0.717) is 0 Å². The summed E-state index contributed by atoms with van der Waals surface area (Å²) in [5, 5.41) is 4.19. The summed E-state index contributed by atoms with van der Waals surface area (Å²) in [6.45, 7) is 0. The van der Waals surface area contributed by atoms with E-state index in [9.17, 15) is 0 Å². The normalized spacial score (nSPS) is 14.2. The first kappa shape index (κ1) is 28.4. The Kier molecular flexibility index (Phi) is 16.3. The van der Waals surface area contributed by atoms with E-state index in [1.54, 1.807) is 0 Å². The van der Waals surface area contributed by atoms with Crippen LogP contribution in [0.1, 0.15) is 0 Å². The number of hydrogen-bond acceptors (Lipinski definition) is 0. The minimum absolute atomic E-state index is 0. The fourth-order valence-electron chi connectivity index (χ4n) is 2.78. The fourth-order valence-corrected chi connectivity index (χ4v) is 5.08. The molecule has 160 valence electrons. The molecule has 2 aliphatic carbocycles. The van der Waals surface area contributed by atoms with Crippen molar-refractivity contribution in [1.82, 2.24) is 0 Å². The summed E-state index contributed by atoms with van der Waals surface area (Å²) in [6.07, 6.45) is 20.5. The second kappa shape index (κ2) is 17.9. The van der Waals surface area contributed by atoms with E-state index in [4.69, 9.17) is 0 Å². The molecular formula is C28H24AuFeP. The van der Waals surface area contributed by atoms with Gasteiger partial charge < -0.3 is 6.42 Å². The second-order valence-corrected chi connectivity index (χ2v) is 8.41. The zero-order chi connectivity index (χ0) is 20.0. The molecule has 31 heavy (non-hydrogen) atoms. The molecule has 2 saturated carbocycles. The summed E-state index contributed by atoms with van der Waals surface area (Å²) in [5.74, 6) is 0. The van der Waals surface area contributed by atoms with Gasteiger partial charge in [-0.2, -0.15) is 0 Å². The Morgan fingerprint density at radius 1 is 0.419 bits per heavy atom. The fraction of sp³-hybridized carbons (Fsp3) is 0. The molecule has 10 radical (unpaired) electrons. The van der Waals surface area contributed by atoms with Gasteiger partial charge in [0, 0.05) is 17.1 Å². The molecule has 0 nitrogen and oxygen atoms in total. The van der Waals surface area contributed by atoms with E-state index in [2.05, 4.69) is 97.4 Å². The van der Waals surface area contributed by atoms with Crippen LogP contribution in [0.25, 0.3) is 0 Å². The van der Waals surface area contributed by atoms with Crippen molar-refractivity contribution in [3.8, 4) is 0 Å². The van der Waals surface area contributed by atoms with Gasteiger partial charge in [-0.05, 0) is 55.9 Å². The van der Waals surface area contributed by atoms with Gasteiger partial charge in [0.15, 0.2) is 0 Å². The van der Waals surface area contributed by atoms with Crippen LogP contribution in [-0.2, 0) is 39.4 Å². The van der Waals surface area contributed by atoms with Crippen LogP contribution in [0.15, 0.2) is 91.0 Å². The van der Waals surface area contributed by atoms with Crippen molar-refractivity contribution in [2.45, 2.75) is 0 Å². The van der Waals surface area contributed by atoms with Crippen LogP contribution in [0.2, 0.25) is 0 Å². The van der Waals surface area contributed by atoms with E-state index in [-0.39, 0.29) is 39.4 Å². The molecule has 0 N–H and O–H groups in total. The topological polar surface area (TPSA) is 0 Å². The first-order chi connectivity index (χ1) is 14.4. The summed E-state index contributed by atoms with van der Waals surface area (Å²) in [6, 6.07) is 32.3. The third-order valence-corrected chi connectivity index (χ3v) is 6.54. The van der Waals surface area contributed by atoms with Crippen molar-refractivity contribution >= 4 is 23.8 Å². The Morgan fingerprint density at radius 2 is 0.710 bits per heavy atom. The van der Waals surface area contributed by atoms with Gasteiger partial charge in [0.1, 0.15) is 0 Å². The van der Waals surface area contributed by atoms with Crippen LogP contribution in [0.3, 0.4) is 0 Å². The molecule has 0 saturated heterocycles. The molecule has 3 heteroatoms. The number of benzene rings is 3. The molecule has 0 spiro atoms. The summed E-state index contributed by atoms with van der Waals surface area (Å²) in [4.78, 5) is 0. The summed E-state index contributed by atoms with van der Waals surface area (Å²) in [5.41, 5.74) is 0. The average molecular weight is 644 g/mol. The largest absolute Gasteiger partial charge is 1.00 e. The average Bonchev–Trinajstić information content (AvgIpc) is 3.55. The van der Waals surface area contributed by atoms with Crippen molar-refractivity contribution in [3.05, 3.63) is 155 Å². The van der Waals surface area contributed by atoms with Crippen molar-refractivity contribution < 1.29 is 39.4 Å². The van der Waals surface area contributed by atoms with Gasteiger partial charge in [0.25, 0.3) is 0 Å². The molecule has 0 unspecified atom stereocenters. The number of rotatable bonds is 3. The Hall–Kier alpha value is -0.650. The summed E-state index contributed by atoms with van der Waals surface area (Å²) < 4.78 is 0. The zero-order valence-corrected chi connectivity index (χ0v) is 21.1. The van der Waals surface area contributed by atoms with Crippen molar-refractivity contribution in [3.63, 3.8) is 0 Å². The van der Waals surface area contributed by atoms with Crippen LogP contribution >= 0.6 is 7.92 Å². The van der Waals surface area contributed by atoms with Gasteiger partial charge in [-0.15, -0.1) is 0 Å². The predicted molar refractivity (Wildman–Crippen MR) is 127 cm³/mol. The van der Waals surface area contributed by atoms with Gasteiger partial charge in [-0.3, -0.25) is 0 Å². The van der Waals surface area contributed by atoms with Crippen LogP contribution in [-0.4, -0.2) is 0 Å². The Balaban J connectivity index is 0.000000331. The van der Waals surface area contributed by atoms with Crippen LogP contribution in [0.5, 0.6) is 0 Å². The van der Waals surface area contributed by atoms with Crippen molar-refractivity contribution in [1.29, 1.82) is 0 Å². The van der Waals surface area contributed by atoms with E-state index in [1.165, 1.54) is 15.9 Å². The monoisotopic (exact) mass is 644 g/mol. The van der Waals surface area contributed by atoms with E-state index >= 15 is 0 Å². The maximum atomic E-state index is 2.86. The van der Waals surface area contributed by atoms with Crippen LogP contribution in [0, 0.1) is 64.2 Å². The third-order valence-electron chi connectivity index (χ3n) is 4.09. The van der Waals surface area contributed by atoms with Crippen molar-refractivity contribution in [2.75, 3.05) is 0 Å². The Morgan fingerprint density at radius 3 is 0.935 bits per heavy atom. The molecule has 2 fully saturated rings. The molecule has 0 heterocycles. The molecule has 3 aromatic carbocycles. The molecule has 0 aromatic heterocycles. The standard InChI is InChI=1S/C18H15P.C5H5.C5H4.Au.Fe/c1-4-10-16(11-5-1)19(17-12-6-2-7-13-17)18-14-8-3-9-15-18;2*1-2-4-5-3-1;;/h1-15H;1-5H;1-4H;;/q;;-1;+1;. The molecule has 0 atom stereocenters. The Labute approximate surface area is 217 Å². The van der Waals surface area contributed by atoms with Gasteiger partial charge in [-0.1, -0.05) is 104 Å². The first-order valence-corrected chi connectivity index (χ1v) is 11.0. The molecule has 0 amide bonds. The molecule has 0 aliphatic heterocycles. The zero-order valence-electron chi connectivity index (χ0n) is 17.0. The molecular weight excluding hydrogens is 620 g/mol. The smallest absolute Gasteiger partial charge is 0.474 e. The quantitative estimate of drug-likeness (QED) is 0.205. The second-order valence-electron chi connectivity index (χ2n) is 6.19. The van der Waals surface area contributed by atoms with E-state index in [1.807, 2.05) is 57.8 Å². The SMILES string of the molecule is [Au+].[C-]1[CH][CH][CH][CH]1.[CH]1[CH][CH][CH][CH]1.[Fe].c1ccc(P(c2ccccc2)c2ccccc2)cc1. The molecule has 5 rings (SSSR count). The van der Waals surface area contributed by atoms with E-state index < -0.39 is 7.92 Å². The maximum Gasteiger partial charge on any atom is 1.00 e. The van der Waals surface area contributed by atoms with Gasteiger partial charge in [0.2, 0.25) is 0 Å². The van der Waals surface area contributed by atoms with Crippen molar-refractivity contribution in [2.24, 2.45) is 0 Å². The summed E-state index contributed by atoms with van der Waals surface area (Å²) >= 11 is 0. The third kappa shape index (κ3) is 10.7.